The Bertz CT molecular complexity index is 382. The number of anilines is 1. The predicted octanol–water partition coefficient (Wildman–Crippen LogP) is 2.48. The fourth-order valence-corrected chi connectivity index (χ4v) is 2.30. The SMILES string of the molecule is CCCNc1nnc(CN(CCC#N)C(C)C)s1. The standard InChI is InChI=1S/C12H21N5S/c1-4-7-14-12-16-15-11(18-12)9-17(10(2)3)8-5-6-13/h10H,4-5,7-9H2,1-3H3,(H,14,16). The largest absolute Gasteiger partial charge is 0.360 e. The Morgan fingerprint density at radius 1 is 1.44 bits per heavy atom. The lowest BCUT2D eigenvalue weighted by Crippen LogP contribution is -2.31. The van der Waals surface area contributed by atoms with Crippen molar-refractivity contribution in [3.8, 4) is 6.07 Å². The first-order valence-corrected chi connectivity index (χ1v) is 7.16. The van der Waals surface area contributed by atoms with E-state index >= 15 is 0 Å². The van der Waals surface area contributed by atoms with Crippen molar-refractivity contribution in [1.82, 2.24) is 15.1 Å². The molecular formula is C12H21N5S. The summed E-state index contributed by atoms with van der Waals surface area (Å²) in [7, 11) is 0. The Morgan fingerprint density at radius 2 is 2.22 bits per heavy atom. The molecule has 1 rings (SSSR count). The van der Waals surface area contributed by atoms with Crippen molar-refractivity contribution in [1.29, 1.82) is 5.26 Å². The Balaban J connectivity index is 2.52. The molecule has 1 heterocycles. The van der Waals surface area contributed by atoms with Crippen molar-refractivity contribution in [2.45, 2.75) is 46.2 Å². The molecule has 0 aromatic carbocycles. The van der Waals surface area contributed by atoms with Crippen LogP contribution in [0.15, 0.2) is 0 Å². The van der Waals surface area contributed by atoms with Crippen LogP contribution in [0.4, 0.5) is 5.13 Å². The molecule has 6 heteroatoms. The van der Waals surface area contributed by atoms with Crippen LogP contribution in [0.5, 0.6) is 0 Å². The summed E-state index contributed by atoms with van der Waals surface area (Å²) in [5, 5.41) is 22.1. The summed E-state index contributed by atoms with van der Waals surface area (Å²) in [4.78, 5) is 2.24. The van der Waals surface area contributed by atoms with Crippen molar-refractivity contribution in [2.24, 2.45) is 0 Å². The summed E-state index contributed by atoms with van der Waals surface area (Å²) in [6.45, 7) is 8.87. The average Bonchev–Trinajstić information content (AvgIpc) is 2.79. The number of hydrogen-bond acceptors (Lipinski definition) is 6. The molecule has 0 atom stereocenters. The summed E-state index contributed by atoms with van der Waals surface area (Å²) in [5.41, 5.74) is 0. The fourth-order valence-electron chi connectivity index (χ4n) is 1.51. The Morgan fingerprint density at radius 3 is 2.83 bits per heavy atom. The van der Waals surface area contributed by atoms with Crippen molar-refractivity contribution in [3.05, 3.63) is 5.01 Å². The molecule has 1 aromatic rings. The van der Waals surface area contributed by atoms with Crippen LogP contribution in [0.3, 0.4) is 0 Å². The topological polar surface area (TPSA) is 64.8 Å². The van der Waals surface area contributed by atoms with Crippen molar-refractivity contribution < 1.29 is 0 Å². The third-order valence-corrected chi connectivity index (χ3v) is 3.44. The zero-order valence-corrected chi connectivity index (χ0v) is 12.1. The van der Waals surface area contributed by atoms with Crippen LogP contribution in [0, 0.1) is 11.3 Å². The van der Waals surface area contributed by atoms with Gasteiger partial charge in [0.25, 0.3) is 0 Å². The highest BCUT2D eigenvalue weighted by atomic mass is 32.1. The van der Waals surface area contributed by atoms with E-state index < -0.39 is 0 Å². The van der Waals surface area contributed by atoms with Crippen LogP contribution in [0.25, 0.3) is 0 Å². The zero-order valence-electron chi connectivity index (χ0n) is 11.3. The van der Waals surface area contributed by atoms with E-state index in [0.717, 1.165) is 36.2 Å². The van der Waals surface area contributed by atoms with E-state index in [1.807, 2.05) is 0 Å². The van der Waals surface area contributed by atoms with Crippen LogP contribution in [0.2, 0.25) is 0 Å². The molecule has 0 unspecified atom stereocenters. The molecular weight excluding hydrogens is 246 g/mol. The van der Waals surface area contributed by atoms with Crippen molar-refractivity contribution in [3.63, 3.8) is 0 Å². The van der Waals surface area contributed by atoms with Gasteiger partial charge in [0.05, 0.1) is 12.6 Å². The van der Waals surface area contributed by atoms with Gasteiger partial charge in [0.2, 0.25) is 5.13 Å². The van der Waals surface area contributed by atoms with E-state index in [0.29, 0.717) is 12.5 Å². The molecule has 0 amide bonds. The second kappa shape index (κ2) is 8.01. The first kappa shape index (κ1) is 14.9. The highest BCUT2D eigenvalue weighted by molar-refractivity contribution is 7.15. The zero-order chi connectivity index (χ0) is 13.4. The molecule has 0 spiro atoms. The number of aromatic nitrogens is 2. The van der Waals surface area contributed by atoms with Gasteiger partial charge in [0, 0.05) is 25.6 Å². The van der Waals surface area contributed by atoms with E-state index in [-0.39, 0.29) is 0 Å². The highest BCUT2D eigenvalue weighted by Crippen LogP contribution is 2.18. The fraction of sp³-hybridized carbons (Fsp3) is 0.750. The van der Waals surface area contributed by atoms with Gasteiger partial charge in [-0.2, -0.15) is 5.26 Å². The smallest absolute Gasteiger partial charge is 0.205 e. The second-order valence-corrected chi connectivity index (χ2v) is 5.46. The number of rotatable bonds is 8. The van der Waals surface area contributed by atoms with Gasteiger partial charge in [0.15, 0.2) is 0 Å². The summed E-state index contributed by atoms with van der Waals surface area (Å²) in [6, 6.07) is 2.60. The lowest BCUT2D eigenvalue weighted by atomic mass is 10.3. The van der Waals surface area contributed by atoms with Crippen LogP contribution in [-0.2, 0) is 6.54 Å². The van der Waals surface area contributed by atoms with E-state index in [9.17, 15) is 0 Å². The van der Waals surface area contributed by atoms with Gasteiger partial charge in [-0.15, -0.1) is 10.2 Å². The minimum Gasteiger partial charge on any atom is -0.360 e. The van der Waals surface area contributed by atoms with Crippen LogP contribution < -0.4 is 5.32 Å². The molecule has 5 nitrogen and oxygen atoms in total. The molecule has 18 heavy (non-hydrogen) atoms. The van der Waals surface area contributed by atoms with E-state index in [4.69, 9.17) is 5.26 Å². The maximum absolute atomic E-state index is 8.65. The van der Waals surface area contributed by atoms with Gasteiger partial charge in [-0.05, 0) is 20.3 Å². The summed E-state index contributed by atoms with van der Waals surface area (Å²) >= 11 is 1.59. The maximum atomic E-state index is 8.65. The van der Waals surface area contributed by atoms with E-state index in [1.54, 1.807) is 11.3 Å². The molecule has 0 fully saturated rings. The predicted molar refractivity (Wildman–Crippen MR) is 74.5 cm³/mol. The monoisotopic (exact) mass is 267 g/mol. The average molecular weight is 267 g/mol. The van der Waals surface area contributed by atoms with Gasteiger partial charge >= 0.3 is 0 Å². The minimum atomic E-state index is 0.411. The molecule has 0 aliphatic heterocycles. The van der Waals surface area contributed by atoms with E-state index in [1.165, 1.54) is 0 Å². The number of nitrogens with zero attached hydrogens (tertiary/aromatic N) is 4. The Kier molecular flexibility index (Phi) is 6.61. The first-order valence-electron chi connectivity index (χ1n) is 6.34. The molecule has 0 aliphatic rings. The molecule has 0 bridgehead atoms. The van der Waals surface area contributed by atoms with Gasteiger partial charge in [0.1, 0.15) is 5.01 Å². The van der Waals surface area contributed by atoms with Gasteiger partial charge in [-0.3, -0.25) is 4.90 Å². The number of nitriles is 1. The summed E-state index contributed by atoms with van der Waals surface area (Å²) in [6.07, 6.45) is 1.63. The highest BCUT2D eigenvalue weighted by Gasteiger charge is 2.13. The third-order valence-electron chi connectivity index (χ3n) is 2.57. The quantitative estimate of drug-likeness (QED) is 0.784. The molecule has 0 aliphatic carbocycles. The summed E-state index contributed by atoms with van der Waals surface area (Å²) in [5.74, 6) is 0. The lowest BCUT2D eigenvalue weighted by molar-refractivity contribution is 0.217. The second-order valence-electron chi connectivity index (χ2n) is 4.40. The van der Waals surface area contributed by atoms with Crippen LogP contribution >= 0.6 is 11.3 Å². The van der Waals surface area contributed by atoms with Gasteiger partial charge in [-0.25, -0.2) is 0 Å². The van der Waals surface area contributed by atoms with Gasteiger partial charge < -0.3 is 5.32 Å². The van der Waals surface area contributed by atoms with Crippen molar-refractivity contribution >= 4 is 16.5 Å². The van der Waals surface area contributed by atoms with Crippen LogP contribution in [0.1, 0.15) is 38.6 Å². The summed E-state index contributed by atoms with van der Waals surface area (Å²) < 4.78 is 0. The molecule has 0 saturated carbocycles. The minimum absolute atomic E-state index is 0.411. The normalized spacial score (nSPS) is 10.9. The van der Waals surface area contributed by atoms with Gasteiger partial charge in [-0.1, -0.05) is 18.3 Å². The molecule has 0 saturated heterocycles. The third kappa shape index (κ3) is 4.98. The van der Waals surface area contributed by atoms with E-state index in [2.05, 4.69) is 47.3 Å². The molecule has 100 valence electrons. The molecule has 1 aromatic heterocycles. The van der Waals surface area contributed by atoms with Crippen LogP contribution in [-0.4, -0.2) is 34.2 Å². The molecule has 0 radical (unpaired) electrons. The number of nitrogens with one attached hydrogen (secondary N) is 1. The number of hydrogen-bond donors (Lipinski definition) is 1. The lowest BCUT2D eigenvalue weighted by Gasteiger charge is -2.23. The van der Waals surface area contributed by atoms with Crippen molar-refractivity contribution in [2.75, 3.05) is 18.4 Å². The maximum Gasteiger partial charge on any atom is 0.205 e. The Hall–Kier alpha value is -1.19. The first-order chi connectivity index (χ1) is 8.67. The Labute approximate surface area is 113 Å². The molecule has 1 N–H and O–H groups in total.